The van der Waals surface area contributed by atoms with E-state index in [1.165, 1.54) is 18.2 Å². The fourth-order valence-corrected chi connectivity index (χ4v) is 2.86. The number of amides is 1. The van der Waals surface area contributed by atoms with E-state index in [4.69, 9.17) is 4.74 Å². The molecule has 0 unspecified atom stereocenters. The van der Waals surface area contributed by atoms with E-state index in [0.717, 1.165) is 11.1 Å². The van der Waals surface area contributed by atoms with Crippen LogP contribution in [-0.2, 0) is 11.2 Å². The van der Waals surface area contributed by atoms with Crippen LogP contribution in [-0.4, -0.2) is 17.4 Å². The Balaban J connectivity index is 1.65. The van der Waals surface area contributed by atoms with Gasteiger partial charge in [0.15, 0.2) is 6.61 Å². The van der Waals surface area contributed by atoms with Gasteiger partial charge in [0.05, 0.1) is 17.0 Å². The summed E-state index contributed by atoms with van der Waals surface area (Å²) in [6, 6.07) is 25.2. The van der Waals surface area contributed by atoms with Crippen LogP contribution >= 0.6 is 0 Å². The minimum atomic E-state index is -0.502. The lowest BCUT2D eigenvalue weighted by molar-refractivity contribution is -0.384. The van der Waals surface area contributed by atoms with Gasteiger partial charge in [-0.05, 0) is 23.6 Å². The zero-order valence-corrected chi connectivity index (χ0v) is 15.2. The second-order valence-corrected chi connectivity index (χ2v) is 6.26. The summed E-state index contributed by atoms with van der Waals surface area (Å²) in [5.41, 5.74) is 2.02. The molecule has 28 heavy (non-hydrogen) atoms. The summed E-state index contributed by atoms with van der Waals surface area (Å²) in [5, 5.41) is 13.8. The van der Waals surface area contributed by atoms with E-state index >= 15 is 0 Å². The average molecular weight is 376 g/mol. The predicted molar refractivity (Wildman–Crippen MR) is 106 cm³/mol. The number of carbonyl (C=O) groups excluding carboxylic acids is 1. The maximum absolute atomic E-state index is 12.4. The molecule has 142 valence electrons. The van der Waals surface area contributed by atoms with Gasteiger partial charge in [0.25, 0.3) is 11.6 Å². The van der Waals surface area contributed by atoms with Crippen molar-refractivity contribution in [3.05, 3.63) is 106 Å². The van der Waals surface area contributed by atoms with Crippen molar-refractivity contribution in [2.75, 3.05) is 6.61 Å². The number of non-ortho nitro benzene ring substituents is 1. The standard InChI is InChI=1S/C22H20N2O4/c25-22(16-28-20-13-7-12-19(15-20)24(26)27)23-21(18-10-5-2-6-11-18)14-17-8-3-1-4-9-17/h1-13,15,21H,14,16H2,(H,23,25)/t21-/m1/s1. The van der Waals surface area contributed by atoms with E-state index in [1.54, 1.807) is 6.07 Å². The molecule has 6 heteroatoms. The van der Waals surface area contributed by atoms with Crippen LogP contribution in [0.3, 0.4) is 0 Å². The van der Waals surface area contributed by atoms with Crippen molar-refractivity contribution < 1.29 is 14.5 Å². The second-order valence-electron chi connectivity index (χ2n) is 6.26. The summed E-state index contributed by atoms with van der Waals surface area (Å²) in [6.45, 7) is -0.223. The maximum atomic E-state index is 12.4. The van der Waals surface area contributed by atoms with Crippen LogP contribution in [0.15, 0.2) is 84.9 Å². The summed E-state index contributed by atoms with van der Waals surface area (Å²) in [4.78, 5) is 22.8. The Morgan fingerprint density at radius 3 is 2.32 bits per heavy atom. The van der Waals surface area contributed by atoms with E-state index < -0.39 is 4.92 Å². The number of hydrogen-bond donors (Lipinski definition) is 1. The number of hydrogen-bond acceptors (Lipinski definition) is 4. The Morgan fingerprint density at radius 2 is 1.64 bits per heavy atom. The van der Waals surface area contributed by atoms with E-state index in [1.807, 2.05) is 60.7 Å². The predicted octanol–water partition coefficient (Wildman–Crippen LogP) is 4.07. The molecule has 3 aromatic carbocycles. The number of nitro groups is 1. The largest absolute Gasteiger partial charge is 0.484 e. The molecule has 0 aliphatic carbocycles. The molecule has 3 aromatic rings. The first kappa shape index (κ1) is 19.1. The molecule has 1 amide bonds. The zero-order valence-electron chi connectivity index (χ0n) is 15.2. The van der Waals surface area contributed by atoms with Gasteiger partial charge in [-0.15, -0.1) is 0 Å². The molecule has 1 N–H and O–H groups in total. The molecule has 1 atom stereocenters. The van der Waals surface area contributed by atoms with Crippen LogP contribution in [0.2, 0.25) is 0 Å². The smallest absolute Gasteiger partial charge is 0.273 e. The van der Waals surface area contributed by atoms with Gasteiger partial charge in [-0.1, -0.05) is 66.7 Å². The summed E-state index contributed by atoms with van der Waals surface area (Å²) in [6.07, 6.45) is 0.646. The number of carbonyl (C=O) groups is 1. The second kappa shape index (κ2) is 9.32. The first-order valence-corrected chi connectivity index (χ1v) is 8.87. The van der Waals surface area contributed by atoms with Crippen molar-refractivity contribution in [1.82, 2.24) is 5.32 Å². The third-order valence-corrected chi connectivity index (χ3v) is 4.22. The molecule has 3 rings (SSSR count). The molecule has 0 saturated carbocycles. The first-order valence-electron chi connectivity index (χ1n) is 8.87. The van der Waals surface area contributed by atoms with Crippen molar-refractivity contribution in [2.45, 2.75) is 12.5 Å². The summed E-state index contributed by atoms with van der Waals surface area (Å²) < 4.78 is 5.43. The van der Waals surface area contributed by atoms with Crippen molar-refractivity contribution in [1.29, 1.82) is 0 Å². The molecule has 0 saturated heterocycles. The lowest BCUT2D eigenvalue weighted by atomic mass is 9.99. The number of nitro benzene ring substituents is 1. The van der Waals surface area contributed by atoms with Gasteiger partial charge in [0.1, 0.15) is 5.75 Å². The first-order chi connectivity index (χ1) is 13.6. The van der Waals surface area contributed by atoms with Gasteiger partial charge >= 0.3 is 0 Å². The Bertz CT molecular complexity index is 930. The van der Waals surface area contributed by atoms with Crippen LogP contribution in [0.5, 0.6) is 5.75 Å². The number of ether oxygens (including phenoxy) is 1. The summed E-state index contributed by atoms with van der Waals surface area (Å²) >= 11 is 0. The molecule has 0 aliphatic rings. The topological polar surface area (TPSA) is 81.5 Å². The fraction of sp³-hybridized carbons (Fsp3) is 0.136. The van der Waals surface area contributed by atoms with Crippen molar-refractivity contribution >= 4 is 11.6 Å². The third-order valence-electron chi connectivity index (χ3n) is 4.22. The fourth-order valence-electron chi connectivity index (χ4n) is 2.86. The highest BCUT2D eigenvalue weighted by Gasteiger charge is 2.16. The average Bonchev–Trinajstić information content (AvgIpc) is 2.73. The van der Waals surface area contributed by atoms with Crippen molar-refractivity contribution in [3.63, 3.8) is 0 Å². The monoisotopic (exact) mass is 376 g/mol. The normalized spacial score (nSPS) is 11.4. The summed E-state index contributed by atoms with van der Waals surface area (Å²) in [5.74, 6) is -0.0139. The van der Waals surface area contributed by atoms with E-state index in [0.29, 0.717) is 6.42 Å². The molecular weight excluding hydrogens is 356 g/mol. The Hall–Kier alpha value is -3.67. The summed E-state index contributed by atoms with van der Waals surface area (Å²) in [7, 11) is 0. The Labute approximate surface area is 162 Å². The van der Waals surface area contributed by atoms with E-state index in [9.17, 15) is 14.9 Å². The van der Waals surface area contributed by atoms with Crippen LogP contribution in [0.25, 0.3) is 0 Å². The molecule has 0 aliphatic heterocycles. The quantitative estimate of drug-likeness (QED) is 0.474. The number of benzene rings is 3. The number of nitrogens with one attached hydrogen (secondary N) is 1. The minimum absolute atomic E-state index is 0.0795. The van der Waals surface area contributed by atoms with E-state index in [-0.39, 0.29) is 30.0 Å². The van der Waals surface area contributed by atoms with Gasteiger partial charge < -0.3 is 10.1 Å². The van der Waals surface area contributed by atoms with Gasteiger partial charge in [0.2, 0.25) is 0 Å². The molecule has 6 nitrogen and oxygen atoms in total. The molecule has 0 fully saturated rings. The molecule has 0 aromatic heterocycles. The lowest BCUT2D eigenvalue weighted by Gasteiger charge is -2.19. The molecule has 0 bridgehead atoms. The van der Waals surface area contributed by atoms with Gasteiger partial charge in [-0.2, -0.15) is 0 Å². The van der Waals surface area contributed by atoms with Crippen LogP contribution in [0, 0.1) is 10.1 Å². The molecule has 0 spiro atoms. The Morgan fingerprint density at radius 1 is 0.964 bits per heavy atom. The third kappa shape index (κ3) is 5.41. The van der Waals surface area contributed by atoms with Crippen LogP contribution < -0.4 is 10.1 Å². The van der Waals surface area contributed by atoms with E-state index in [2.05, 4.69) is 5.32 Å². The van der Waals surface area contributed by atoms with Gasteiger partial charge in [-0.3, -0.25) is 14.9 Å². The van der Waals surface area contributed by atoms with Gasteiger partial charge in [-0.25, -0.2) is 0 Å². The number of rotatable bonds is 8. The number of nitrogens with zero attached hydrogens (tertiary/aromatic N) is 1. The molecule has 0 heterocycles. The van der Waals surface area contributed by atoms with Crippen LogP contribution in [0.4, 0.5) is 5.69 Å². The molecule has 0 radical (unpaired) electrons. The highest BCUT2D eigenvalue weighted by atomic mass is 16.6. The molecular formula is C22H20N2O4. The van der Waals surface area contributed by atoms with Crippen LogP contribution in [0.1, 0.15) is 17.2 Å². The van der Waals surface area contributed by atoms with Crippen molar-refractivity contribution in [3.8, 4) is 5.75 Å². The SMILES string of the molecule is O=C(COc1cccc([N+](=O)[O-])c1)N[C@H](Cc1ccccc1)c1ccccc1. The lowest BCUT2D eigenvalue weighted by Crippen LogP contribution is -2.33. The minimum Gasteiger partial charge on any atom is -0.484 e. The van der Waals surface area contributed by atoms with Gasteiger partial charge in [0, 0.05) is 6.07 Å². The highest BCUT2D eigenvalue weighted by molar-refractivity contribution is 5.78. The highest BCUT2D eigenvalue weighted by Crippen LogP contribution is 2.20. The maximum Gasteiger partial charge on any atom is 0.273 e. The Kier molecular flexibility index (Phi) is 6.36. The van der Waals surface area contributed by atoms with Crippen molar-refractivity contribution in [2.24, 2.45) is 0 Å². The zero-order chi connectivity index (χ0) is 19.8.